The third kappa shape index (κ3) is 2.84. The molecule has 0 aliphatic heterocycles. The van der Waals surface area contributed by atoms with Crippen LogP contribution in [0.25, 0.3) is 11.0 Å². The second kappa shape index (κ2) is 5.53. The fourth-order valence-corrected chi connectivity index (χ4v) is 2.59. The summed E-state index contributed by atoms with van der Waals surface area (Å²) in [7, 11) is 1.59. The van der Waals surface area contributed by atoms with Crippen LogP contribution in [0, 0.1) is 0 Å². The number of benzene rings is 2. The first-order chi connectivity index (χ1) is 10.9. The lowest BCUT2D eigenvalue weighted by atomic mass is 10.0. The van der Waals surface area contributed by atoms with Crippen molar-refractivity contribution in [3.05, 3.63) is 75.7 Å². The maximum absolute atomic E-state index is 13.1. The summed E-state index contributed by atoms with van der Waals surface area (Å²) in [6.07, 6.45) is -4.62. The molecule has 0 amide bonds. The molecule has 3 nitrogen and oxygen atoms in total. The summed E-state index contributed by atoms with van der Waals surface area (Å²) in [6, 6.07) is 12.3. The molecule has 6 heteroatoms. The van der Waals surface area contributed by atoms with Gasteiger partial charge in [-0.2, -0.15) is 13.2 Å². The van der Waals surface area contributed by atoms with Crippen LogP contribution in [0.2, 0.25) is 0 Å². The molecule has 0 unspecified atom stereocenters. The average molecular weight is 318 g/mol. The van der Waals surface area contributed by atoms with Crippen molar-refractivity contribution in [1.82, 2.24) is 9.55 Å². The number of hydrogen-bond acceptors (Lipinski definition) is 2. The Hall–Kier alpha value is -2.63. The third-order valence-corrected chi connectivity index (χ3v) is 3.73. The molecule has 0 saturated heterocycles. The predicted molar refractivity (Wildman–Crippen MR) is 81.2 cm³/mol. The van der Waals surface area contributed by atoms with Gasteiger partial charge in [-0.05, 0) is 23.8 Å². The highest BCUT2D eigenvalue weighted by Gasteiger charge is 2.33. The van der Waals surface area contributed by atoms with E-state index in [0.717, 1.165) is 6.07 Å². The summed E-state index contributed by atoms with van der Waals surface area (Å²) >= 11 is 0. The predicted octanol–water partition coefficient (Wildman–Crippen LogP) is 3.54. The van der Waals surface area contributed by atoms with E-state index in [1.54, 1.807) is 31.3 Å². The molecule has 0 spiro atoms. The van der Waals surface area contributed by atoms with Gasteiger partial charge in [0.05, 0.1) is 16.6 Å². The molecule has 1 aromatic heterocycles. The van der Waals surface area contributed by atoms with E-state index in [1.165, 1.54) is 22.8 Å². The fraction of sp³-hybridized carbons (Fsp3) is 0.176. The van der Waals surface area contributed by atoms with Crippen molar-refractivity contribution >= 4 is 11.0 Å². The van der Waals surface area contributed by atoms with Crippen molar-refractivity contribution in [2.75, 3.05) is 0 Å². The van der Waals surface area contributed by atoms with Crippen molar-refractivity contribution in [2.24, 2.45) is 7.05 Å². The number of nitrogens with zero attached hydrogens (tertiary/aromatic N) is 2. The molecule has 0 saturated carbocycles. The van der Waals surface area contributed by atoms with Crippen LogP contribution in [-0.4, -0.2) is 9.55 Å². The van der Waals surface area contributed by atoms with Gasteiger partial charge in [-0.25, -0.2) is 4.98 Å². The summed E-state index contributed by atoms with van der Waals surface area (Å²) in [5, 5.41) is 0. The van der Waals surface area contributed by atoms with Crippen LogP contribution >= 0.6 is 0 Å². The van der Waals surface area contributed by atoms with E-state index in [0.29, 0.717) is 11.0 Å². The highest BCUT2D eigenvalue weighted by atomic mass is 19.4. The van der Waals surface area contributed by atoms with Gasteiger partial charge in [-0.15, -0.1) is 0 Å². The molecule has 118 valence electrons. The molecule has 0 aliphatic carbocycles. The van der Waals surface area contributed by atoms with E-state index in [1.807, 2.05) is 0 Å². The van der Waals surface area contributed by atoms with E-state index in [2.05, 4.69) is 4.98 Å². The minimum absolute atomic E-state index is 0.0416. The number of alkyl halides is 3. The number of para-hydroxylation sites is 2. The first-order valence-electron chi connectivity index (χ1n) is 6.97. The van der Waals surface area contributed by atoms with Crippen molar-refractivity contribution in [3.63, 3.8) is 0 Å². The molecule has 2 aromatic carbocycles. The summed E-state index contributed by atoms with van der Waals surface area (Å²) in [4.78, 5) is 16.6. The molecule has 0 N–H and O–H groups in total. The first kappa shape index (κ1) is 15.3. The molecule has 1 heterocycles. The van der Waals surface area contributed by atoms with E-state index in [-0.39, 0.29) is 23.2 Å². The van der Waals surface area contributed by atoms with Gasteiger partial charge in [0.25, 0.3) is 5.56 Å². The Balaban J connectivity index is 2.14. The van der Waals surface area contributed by atoms with Crippen LogP contribution in [0.3, 0.4) is 0 Å². The SMILES string of the molecule is Cn1c(=O)c(Cc2ccccc2C(F)(F)F)nc2ccccc21. The van der Waals surface area contributed by atoms with Crippen molar-refractivity contribution < 1.29 is 13.2 Å². The Morgan fingerprint density at radius 3 is 2.43 bits per heavy atom. The Bertz CT molecular complexity index is 929. The second-order valence-corrected chi connectivity index (χ2v) is 5.24. The van der Waals surface area contributed by atoms with E-state index in [4.69, 9.17) is 0 Å². The number of halogens is 3. The maximum atomic E-state index is 13.1. The molecular weight excluding hydrogens is 305 g/mol. The number of aryl methyl sites for hydroxylation is 1. The van der Waals surface area contributed by atoms with Gasteiger partial charge < -0.3 is 4.57 Å². The number of rotatable bonds is 2. The van der Waals surface area contributed by atoms with Gasteiger partial charge in [-0.1, -0.05) is 30.3 Å². The minimum atomic E-state index is -4.46. The maximum Gasteiger partial charge on any atom is 0.416 e. The van der Waals surface area contributed by atoms with Crippen LogP contribution in [0.1, 0.15) is 16.8 Å². The zero-order valence-corrected chi connectivity index (χ0v) is 12.3. The highest BCUT2D eigenvalue weighted by Crippen LogP contribution is 2.32. The first-order valence-corrected chi connectivity index (χ1v) is 6.97. The molecule has 3 rings (SSSR count). The lowest BCUT2D eigenvalue weighted by Crippen LogP contribution is -2.24. The molecule has 0 aliphatic rings. The van der Waals surface area contributed by atoms with Gasteiger partial charge in [0.2, 0.25) is 0 Å². The standard InChI is InChI=1S/C17H13F3N2O/c1-22-15-9-5-4-8-13(15)21-14(16(22)23)10-11-6-2-3-7-12(11)17(18,19)20/h2-9H,10H2,1H3. The van der Waals surface area contributed by atoms with Gasteiger partial charge in [-0.3, -0.25) is 4.79 Å². The molecule has 23 heavy (non-hydrogen) atoms. The lowest BCUT2D eigenvalue weighted by Gasteiger charge is -2.13. The Morgan fingerprint density at radius 2 is 1.70 bits per heavy atom. The minimum Gasteiger partial charge on any atom is -0.308 e. The zero-order chi connectivity index (χ0) is 16.6. The Morgan fingerprint density at radius 1 is 1.04 bits per heavy atom. The second-order valence-electron chi connectivity index (χ2n) is 5.24. The average Bonchev–Trinajstić information content (AvgIpc) is 2.52. The van der Waals surface area contributed by atoms with E-state index in [9.17, 15) is 18.0 Å². The summed E-state index contributed by atoms with van der Waals surface area (Å²) in [6.45, 7) is 0. The van der Waals surface area contributed by atoms with Gasteiger partial charge in [0.1, 0.15) is 5.69 Å². The summed E-state index contributed by atoms with van der Waals surface area (Å²) in [5.74, 6) is 0. The topological polar surface area (TPSA) is 34.9 Å². The van der Waals surface area contributed by atoms with Crippen LogP contribution in [-0.2, 0) is 19.6 Å². The monoisotopic (exact) mass is 318 g/mol. The zero-order valence-electron chi connectivity index (χ0n) is 12.3. The van der Waals surface area contributed by atoms with Gasteiger partial charge in [0, 0.05) is 13.5 Å². The normalized spacial score (nSPS) is 11.8. The van der Waals surface area contributed by atoms with E-state index < -0.39 is 11.7 Å². The molecule has 0 fully saturated rings. The van der Waals surface area contributed by atoms with Crippen molar-refractivity contribution in [1.29, 1.82) is 0 Å². The highest BCUT2D eigenvalue weighted by molar-refractivity contribution is 5.74. The lowest BCUT2D eigenvalue weighted by molar-refractivity contribution is -0.138. The van der Waals surface area contributed by atoms with Gasteiger partial charge >= 0.3 is 6.18 Å². The Labute approximate surface area is 130 Å². The molecule has 0 radical (unpaired) electrons. The summed E-state index contributed by atoms with van der Waals surface area (Å²) in [5.41, 5.74) is 0.236. The van der Waals surface area contributed by atoms with Crippen molar-refractivity contribution in [2.45, 2.75) is 12.6 Å². The van der Waals surface area contributed by atoms with Crippen LogP contribution < -0.4 is 5.56 Å². The van der Waals surface area contributed by atoms with E-state index >= 15 is 0 Å². The Kier molecular flexibility index (Phi) is 3.67. The van der Waals surface area contributed by atoms with Crippen molar-refractivity contribution in [3.8, 4) is 0 Å². The smallest absolute Gasteiger partial charge is 0.308 e. The van der Waals surface area contributed by atoms with Crippen LogP contribution in [0.4, 0.5) is 13.2 Å². The molecule has 0 atom stereocenters. The van der Waals surface area contributed by atoms with Gasteiger partial charge in [0.15, 0.2) is 0 Å². The molecular formula is C17H13F3N2O. The molecule has 3 aromatic rings. The quantitative estimate of drug-likeness (QED) is 0.724. The number of fused-ring (bicyclic) bond motifs is 1. The van der Waals surface area contributed by atoms with Crippen LogP contribution in [0.15, 0.2) is 53.3 Å². The van der Waals surface area contributed by atoms with Crippen LogP contribution in [0.5, 0.6) is 0 Å². The number of hydrogen-bond donors (Lipinski definition) is 0. The summed E-state index contributed by atoms with van der Waals surface area (Å²) < 4.78 is 40.7. The largest absolute Gasteiger partial charge is 0.416 e. The molecule has 0 bridgehead atoms. The fourth-order valence-electron chi connectivity index (χ4n) is 2.59. The third-order valence-electron chi connectivity index (χ3n) is 3.73. The number of aromatic nitrogens is 2.